The number of rotatable bonds is 6. The molecule has 0 saturated heterocycles. The molecule has 0 aliphatic carbocycles. The largest absolute Gasteiger partial charge is 0.463 e. The zero-order valence-corrected chi connectivity index (χ0v) is 12.1. The zero-order valence-electron chi connectivity index (χ0n) is 12.1. The van der Waals surface area contributed by atoms with Gasteiger partial charge in [-0.1, -0.05) is 36.9 Å². The molecular weight excluding hydrogens is 256 g/mol. The van der Waals surface area contributed by atoms with E-state index in [0.717, 1.165) is 11.1 Å². The van der Waals surface area contributed by atoms with Crippen molar-refractivity contribution >= 4 is 18.0 Å². The Morgan fingerprint density at radius 3 is 2.35 bits per heavy atom. The number of carbonyl (C=O) groups excluding carboxylic acids is 2. The molecule has 20 heavy (non-hydrogen) atoms. The van der Waals surface area contributed by atoms with Gasteiger partial charge >= 0.3 is 11.9 Å². The monoisotopic (exact) mass is 276 g/mol. The van der Waals surface area contributed by atoms with Crippen molar-refractivity contribution in [2.24, 2.45) is 0 Å². The van der Waals surface area contributed by atoms with Gasteiger partial charge in [-0.05, 0) is 18.1 Å². The van der Waals surface area contributed by atoms with E-state index in [0.29, 0.717) is 6.42 Å². The standard InChI is InChI=1S/C16H20O4/c1-5-14-8-6-7-9-15(14)16(20-13(4)18)10-11(2)19-12(3)17/h5-9,11,16H,1,10H2,2-4H3. The minimum atomic E-state index is -0.462. The van der Waals surface area contributed by atoms with Gasteiger partial charge in [0, 0.05) is 20.3 Å². The molecule has 1 aromatic carbocycles. The van der Waals surface area contributed by atoms with Crippen molar-refractivity contribution in [1.29, 1.82) is 0 Å². The van der Waals surface area contributed by atoms with E-state index < -0.39 is 6.10 Å². The third-order valence-electron chi connectivity index (χ3n) is 2.78. The fraction of sp³-hybridized carbons (Fsp3) is 0.375. The molecule has 0 aliphatic rings. The second kappa shape index (κ2) is 7.48. The van der Waals surface area contributed by atoms with Gasteiger partial charge in [-0.25, -0.2) is 0 Å². The van der Waals surface area contributed by atoms with Crippen LogP contribution in [0.3, 0.4) is 0 Å². The molecule has 2 unspecified atom stereocenters. The van der Waals surface area contributed by atoms with Gasteiger partial charge in [-0.15, -0.1) is 0 Å². The summed E-state index contributed by atoms with van der Waals surface area (Å²) in [6.07, 6.45) is 1.32. The molecule has 0 aromatic heterocycles. The van der Waals surface area contributed by atoms with Gasteiger partial charge in [-0.2, -0.15) is 0 Å². The average Bonchev–Trinajstić information content (AvgIpc) is 2.36. The summed E-state index contributed by atoms with van der Waals surface area (Å²) >= 11 is 0. The van der Waals surface area contributed by atoms with Crippen LogP contribution in [0.1, 0.15) is 44.4 Å². The quantitative estimate of drug-likeness (QED) is 0.748. The summed E-state index contributed by atoms with van der Waals surface area (Å²) in [4.78, 5) is 22.2. The van der Waals surface area contributed by atoms with E-state index in [1.807, 2.05) is 24.3 Å². The number of hydrogen-bond acceptors (Lipinski definition) is 4. The summed E-state index contributed by atoms with van der Waals surface area (Å²) in [5, 5.41) is 0. The number of carbonyl (C=O) groups is 2. The van der Waals surface area contributed by atoms with Gasteiger partial charge < -0.3 is 9.47 Å². The Labute approximate surface area is 119 Å². The highest BCUT2D eigenvalue weighted by Gasteiger charge is 2.21. The molecule has 0 N–H and O–H groups in total. The molecule has 0 radical (unpaired) electrons. The fourth-order valence-electron chi connectivity index (χ4n) is 2.06. The SMILES string of the molecule is C=Cc1ccccc1C(CC(C)OC(C)=O)OC(C)=O. The van der Waals surface area contributed by atoms with Crippen LogP contribution in [0.25, 0.3) is 6.08 Å². The molecule has 4 heteroatoms. The Hall–Kier alpha value is -2.10. The Kier molecular flexibility index (Phi) is 5.97. The lowest BCUT2D eigenvalue weighted by Crippen LogP contribution is -2.19. The molecular formula is C16H20O4. The Bertz CT molecular complexity index is 493. The summed E-state index contributed by atoms with van der Waals surface area (Å²) < 4.78 is 10.5. The van der Waals surface area contributed by atoms with Crippen LogP contribution in [-0.2, 0) is 19.1 Å². The summed E-state index contributed by atoms with van der Waals surface area (Å²) in [6, 6.07) is 7.54. The van der Waals surface area contributed by atoms with Crippen molar-refractivity contribution in [3.8, 4) is 0 Å². The lowest BCUT2D eigenvalue weighted by atomic mass is 9.98. The molecule has 0 fully saturated rings. The van der Waals surface area contributed by atoms with Gasteiger partial charge in [0.05, 0.1) is 0 Å². The van der Waals surface area contributed by atoms with Gasteiger partial charge in [0.25, 0.3) is 0 Å². The van der Waals surface area contributed by atoms with Crippen molar-refractivity contribution in [1.82, 2.24) is 0 Å². The van der Waals surface area contributed by atoms with Crippen molar-refractivity contribution in [3.05, 3.63) is 42.0 Å². The van der Waals surface area contributed by atoms with E-state index in [1.165, 1.54) is 13.8 Å². The van der Waals surface area contributed by atoms with Gasteiger partial charge in [0.15, 0.2) is 0 Å². The summed E-state index contributed by atoms with van der Waals surface area (Å²) in [7, 11) is 0. The molecule has 0 aliphatic heterocycles. The average molecular weight is 276 g/mol. The van der Waals surface area contributed by atoms with E-state index in [4.69, 9.17) is 9.47 Å². The van der Waals surface area contributed by atoms with E-state index in [9.17, 15) is 9.59 Å². The Balaban J connectivity index is 2.96. The first kappa shape index (κ1) is 16.0. The van der Waals surface area contributed by atoms with Crippen molar-refractivity contribution in [2.45, 2.75) is 39.4 Å². The highest BCUT2D eigenvalue weighted by atomic mass is 16.6. The minimum absolute atomic E-state index is 0.338. The fourth-order valence-corrected chi connectivity index (χ4v) is 2.06. The summed E-state index contributed by atoms with van der Waals surface area (Å²) in [5.74, 6) is -0.722. The molecule has 1 aromatic rings. The van der Waals surface area contributed by atoms with Crippen LogP contribution in [-0.4, -0.2) is 18.0 Å². The second-order valence-corrected chi connectivity index (χ2v) is 4.59. The van der Waals surface area contributed by atoms with Crippen LogP contribution in [0.2, 0.25) is 0 Å². The number of hydrogen-bond donors (Lipinski definition) is 0. The van der Waals surface area contributed by atoms with Crippen molar-refractivity contribution in [2.75, 3.05) is 0 Å². The minimum Gasteiger partial charge on any atom is -0.463 e. The number of ether oxygens (including phenoxy) is 2. The molecule has 0 spiro atoms. The maximum absolute atomic E-state index is 11.3. The third-order valence-corrected chi connectivity index (χ3v) is 2.78. The topological polar surface area (TPSA) is 52.6 Å². The second-order valence-electron chi connectivity index (χ2n) is 4.59. The van der Waals surface area contributed by atoms with E-state index in [1.54, 1.807) is 13.0 Å². The molecule has 4 nitrogen and oxygen atoms in total. The third kappa shape index (κ3) is 4.88. The summed E-state index contributed by atoms with van der Waals surface area (Å²) in [5.41, 5.74) is 1.76. The van der Waals surface area contributed by atoms with Gasteiger partial charge in [0.2, 0.25) is 0 Å². The zero-order chi connectivity index (χ0) is 15.1. The normalized spacial score (nSPS) is 13.2. The van der Waals surface area contributed by atoms with E-state index >= 15 is 0 Å². The molecule has 108 valence electrons. The lowest BCUT2D eigenvalue weighted by molar-refractivity contribution is -0.152. The first-order valence-corrected chi connectivity index (χ1v) is 6.49. The lowest BCUT2D eigenvalue weighted by Gasteiger charge is -2.22. The van der Waals surface area contributed by atoms with E-state index in [2.05, 4.69) is 6.58 Å². The van der Waals surface area contributed by atoms with Crippen LogP contribution >= 0.6 is 0 Å². The molecule has 2 atom stereocenters. The maximum Gasteiger partial charge on any atom is 0.303 e. The van der Waals surface area contributed by atoms with Crippen molar-refractivity contribution < 1.29 is 19.1 Å². The van der Waals surface area contributed by atoms with Gasteiger partial charge in [0.1, 0.15) is 12.2 Å². The first-order valence-electron chi connectivity index (χ1n) is 6.49. The predicted molar refractivity (Wildman–Crippen MR) is 76.9 cm³/mol. The predicted octanol–water partition coefficient (Wildman–Crippen LogP) is 3.28. The molecule has 1 rings (SSSR count). The smallest absolute Gasteiger partial charge is 0.303 e. The van der Waals surface area contributed by atoms with Crippen LogP contribution < -0.4 is 0 Å². The highest BCUT2D eigenvalue weighted by Crippen LogP contribution is 2.27. The van der Waals surface area contributed by atoms with Gasteiger partial charge in [-0.3, -0.25) is 9.59 Å². The van der Waals surface area contributed by atoms with Crippen LogP contribution in [0.4, 0.5) is 0 Å². The van der Waals surface area contributed by atoms with Crippen molar-refractivity contribution in [3.63, 3.8) is 0 Å². The van der Waals surface area contributed by atoms with Crippen LogP contribution in [0.15, 0.2) is 30.8 Å². The highest BCUT2D eigenvalue weighted by molar-refractivity contribution is 5.67. The summed E-state index contributed by atoms with van der Waals surface area (Å²) in [6.45, 7) is 8.24. The first-order chi connectivity index (χ1) is 9.43. The molecule has 0 amide bonds. The number of benzene rings is 1. The van der Waals surface area contributed by atoms with Crippen LogP contribution in [0.5, 0.6) is 0 Å². The van der Waals surface area contributed by atoms with Crippen LogP contribution in [0, 0.1) is 0 Å². The van der Waals surface area contributed by atoms with E-state index in [-0.39, 0.29) is 18.0 Å². The molecule has 0 heterocycles. The Morgan fingerprint density at radius 2 is 1.80 bits per heavy atom. The Morgan fingerprint density at radius 1 is 1.20 bits per heavy atom. The number of esters is 2. The maximum atomic E-state index is 11.3. The molecule has 0 saturated carbocycles. The molecule has 0 bridgehead atoms.